The van der Waals surface area contributed by atoms with Crippen LogP contribution in [0.1, 0.15) is 13.8 Å². The number of hydrogen-bond acceptors (Lipinski definition) is 7. The summed E-state index contributed by atoms with van der Waals surface area (Å²) in [6.45, 7) is 5.66. The molecule has 0 unspecified atom stereocenters. The number of aromatic nitrogens is 4. The molecule has 4 aromatic rings. The monoisotopic (exact) mass is 462 g/mol. The molecule has 178 valence electrons. The van der Waals surface area contributed by atoms with Gasteiger partial charge in [-0.25, -0.2) is 4.98 Å². The van der Waals surface area contributed by atoms with Crippen molar-refractivity contribution in [1.29, 1.82) is 0 Å². The van der Waals surface area contributed by atoms with Gasteiger partial charge in [-0.2, -0.15) is 5.10 Å². The fourth-order valence-corrected chi connectivity index (χ4v) is 3.82. The van der Waals surface area contributed by atoms with E-state index in [9.17, 15) is 4.79 Å². The second-order valence-electron chi connectivity index (χ2n) is 8.32. The third-order valence-corrected chi connectivity index (χ3v) is 5.56. The molecule has 0 spiro atoms. The highest BCUT2D eigenvalue weighted by Gasteiger charge is 2.15. The highest BCUT2D eigenvalue weighted by molar-refractivity contribution is 5.83. The standard InChI is InChI=1S/C25H30N6O3/c1-17(2)26-8-9-30(19-10-21(33-4)13-22(11-19)34-5)18-6-7-24-23(12-18)25(32)31(16-27-24)20-14-28-29(3)15-20/h6-7,10-17,26H,8-9H2,1-5H3. The maximum atomic E-state index is 13.4. The van der Waals surface area contributed by atoms with E-state index in [2.05, 4.69) is 34.1 Å². The van der Waals surface area contributed by atoms with Gasteiger partial charge in [0.1, 0.15) is 17.8 Å². The molecule has 34 heavy (non-hydrogen) atoms. The van der Waals surface area contributed by atoms with Crippen molar-refractivity contribution in [3.05, 3.63) is 65.5 Å². The van der Waals surface area contributed by atoms with Gasteiger partial charge in [-0.05, 0) is 18.2 Å². The summed E-state index contributed by atoms with van der Waals surface area (Å²) in [4.78, 5) is 20.0. The van der Waals surface area contributed by atoms with Crippen molar-refractivity contribution in [3.63, 3.8) is 0 Å². The molecule has 0 saturated carbocycles. The van der Waals surface area contributed by atoms with Gasteiger partial charge in [0.2, 0.25) is 0 Å². The lowest BCUT2D eigenvalue weighted by Gasteiger charge is -2.27. The van der Waals surface area contributed by atoms with Gasteiger partial charge in [0.15, 0.2) is 0 Å². The first-order chi connectivity index (χ1) is 16.4. The first-order valence-corrected chi connectivity index (χ1v) is 11.1. The van der Waals surface area contributed by atoms with Gasteiger partial charge in [0.25, 0.3) is 5.56 Å². The normalized spacial score (nSPS) is 11.2. The molecular formula is C25H30N6O3. The van der Waals surface area contributed by atoms with Gasteiger partial charge in [-0.3, -0.25) is 14.0 Å². The van der Waals surface area contributed by atoms with Crippen LogP contribution in [0.15, 0.2) is 59.9 Å². The fraction of sp³-hybridized carbons (Fsp3) is 0.320. The first-order valence-electron chi connectivity index (χ1n) is 11.1. The van der Waals surface area contributed by atoms with Gasteiger partial charge in [-0.1, -0.05) is 13.8 Å². The molecule has 0 aliphatic heterocycles. The molecule has 0 fully saturated rings. The predicted molar refractivity (Wildman–Crippen MR) is 134 cm³/mol. The third-order valence-electron chi connectivity index (χ3n) is 5.56. The van der Waals surface area contributed by atoms with Crippen molar-refractivity contribution in [2.75, 3.05) is 32.2 Å². The topological polar surface area (TPSA) is 86.4 Å². The average Bonchev–Trinajstić information content (AvgIpc) is 3.27. The van der Waals surface area contributed by atoms with Crippen LogP contribution in [0.25, 0.3) is 16.6 Å². The van der Waals surface area contributed by atoms with Gasteiger partial charge in [-0.15, -0.1) is 0 Å². The Bertz CT molecular complexity index is 1320. The van der Waals surface area contributed by atoms with Gasteiger partial charge >= 0.3 is 0 Å². The Morgan fingerprint density at radius 3 is 2.41 bits per heavy atom. The summed E-state index contributed by atoms with van der Waals surface area (Å²) in [7, 11) is 5.07. The van der Waals surface area contributed by atoms with E-state index in [1.807, 2.05) is 43.4 Å². The lowest BCUT2D eigenvalue weighted by molar-refractivity contribution is 0.394. The molecule has 2 heterocycles. The summed E-state index contributed by atoms with van der Waals surface area (Å²) >= 11 is 0. The van der Waals surface area contributed by atoms with Crippen LogP contribution >= 0.6 is 0 Å². The predicted octanol–water partition coefficient (Wildman–Crippen LogP) is 3.27. The van der Waals surface area contributed by atoms with Crippen molar-refractivity contribution >= 4 is 22.3 Å². The van der Waals surface area contributed by atoms with E-state index in [1.165, 1.54) is 4.57 Å². The first kappa shape index (κ1) is 23.3. The molecule has 0 amide bonds. The number of rotatable bonds is 9. The number of nitrogens with one attached hydrogen (secondary N) is 1. The zero-order valence-corrected chi connectivity index (χ0v) is 20.1. The van der Waals surface area contributed by atoms with E-state index >= 15 is 0 Å². The molecule has 4 rings (SSSR count). The number of nitrogens with zero attached hydrogens (tertiary/aromatic N) is 5. The molecule has 0 bridgehead atoms. The molecule has 0 atom stereocenters. The number of anilines is 2. The minimum Gasteiger partial charge on any atom is -0.497 e. The Labute approximate surface area is 198 Å². The molecule has 9 heteroatoms. The van der Waals surface area contributed by atoms with Crippen LogP contribution in [-0.2, 0) is 7.05 Å². The number of fused-ring (bicyclic) bond motifs is 1. The highest BCUT2D eigenvalue weighted by atomic mass is 16.5. The van der Waals surface area contributed by atoms with Crippen LogP contribution in [0.2, 0.25) is 0 Å². The van der Waals surface area contributed by atoms with Crippen molar-refractivity contribution < 1.29 is 9.47 Å². The van der Waals surface area contributed by atoms with Crippen molar-refractivity contribution in [2.24, 2.45) is 7.05 Å². The molecule has 2 aromatic heterocycles. The van der Waals surface area contributed by atoms with Crippen molar-refractivity contribution in [1.82, 2.24) is 24.6 Å². The number of hydrogen-bond donors (Lipinski definition) is 1. The van der Waals surface area contributed by atoms with E-state index in [0.717, 1.165) is 17.9 Å². The fourth-order valence-electron chi connectivity index (χ4n) is 3.82. The Morgan fingerprint density at radius 1 is 1.06 bits per heavy atom. The largest absolute Gasteiger partial charge is 0.497 e. The van der Waals surface area contributed by atoms with Gasteiger partial charge in [0, 0.05) is 61.9 Å². The average molecular weight is 463 g/mol. The van der Waals surface area contributed by atoms with E-state index in [-0.39, 0.29) is 5.56 Å². The number of aryl methyl sites for hydroxylation is 1. The minimum absolute atomic E-state index is 0.150. The number of methoxy groups -OCH3 is 2. The lowest BCUT2D eigenvalue weighted by atomic mass is 10.1. The lowest BCUT2D eigenvalue weighted by Crippen LogP contribution is -2.32. The van der Waals surface area contributed by atoms with E-state index in [0.29, 0.717) is 40.7 Å². The van der Waals surface area contributed by atoms with Crippen LogP contribution < -0.4 is 25.2 Å². The van der Waals surface area contributed by atoms with E-state index in [4.69, 9.17) is 9.47 Å². The smallest absolute Gasteiger partial charge is 0.265 e. The zero-order chi connectivity index (χ0) is 24.2. The Balaban J connectivity index is 1.81. The molecule has 0 aliphatic rings. The van der Waals surface area contributed by atoms with Crippen LogP contribution in [-0.4, -0.2) is 52.7 Å². The SMILES string of the molecule is COc1cc(OC)cc(N(CCNC(C)C)c2ccc3ncn(-c4cnn(C)c4)c(=O)c3c2)c1. The molecule has 2 aromatic carbocycles. The summed E-state index contributed by atoms with van der Waals surface area (Å²) in [5.74, 6) is 1.38. The summed E-state index contributed by atoms with van der Waals surface area (Å²) in [6.07, 6.45) is 4.97. The molecule has 0 aliphatic carbocycles. The maximum absolute atomic E-state index is 13.4. The van der Waals surface area contributed by atoms with Crippen LogP contribution in [0.4, 0.5) is 11.4 Å². The van der Waals surface area contributed by atoms with Crippen molar-refractivity contribution in [2.45, 2.75) is 19.9 Å². The maximum Gasteiger partial charge on any atom is 0.265 e. The van der Waals surface area contributed by atoms with E-state index < -0.39 is 0 Å². The Morgan fingerprint density at radius 2 is 1.79 bits per heavy atom. The molecule has 0 saturated heterocycles. The number of benzene rings is 2. The Kier molecular flexibility index (Phi) is 6.83. The molecular weight excluding hydrogens is 432 g/mol. The summed E-state index contributed by atoms with van der Waals surface area (Å²) in [5, 5.41) is 8.16. The molecule has 0 radical (unpaired) electrons. The van der Waals surface area contributed by atoms with Crippen molar-refractivity contribution in [3.8, 4) is 17.2 Å². The summed E-state index contributed by atoms with van der Waals surface area (Å²) in [5.41, 5.74) is 2.93. The van der Waals surface area contributed by atoms with Crippen LogP contribution in [0, 0.1) is 0 Å². The molecule has 1 N–H and O–H groups in total. The van der Waals surface area contributed by atoms with Gasteiger partial charge < -0.3 is 19.7 Å². The summed E-state index contributed by atoms with van der Waals surface area (Å²) in [6, 6.07) is 11.8. The third kappa shape index (κ3) is 4.89. The number of ether oxygens (including phenoxy) is 2. The zero-order valence-electron chi connectivity index (χ0n) is 20.1. The second-order valence-corrected chi connectivity index (χ2v) is 8.32. The Hall–Kier alpha value is -3.85. The van der Waals surface area contributed by atoms with Gasteiger partial charge in [0.05, 0.1) is 37.0 Å². The van der Waals surface area contributed by atoms with Crippen LogP contribution in [0.5, 0.6) is 11.5 Å². The van der Waals surface area contributed by atoms with E-state index in [1.54, 1.807) is 37.6 Å². The van der Waals surface area contributed by atoms with Crippen LogP contribution in [0.3, 0.4) is 0 Å². The summed E-state index contributed by atoms with van der Waals surface area (Å²) < 4.78 is 14.1. The minimum atomic E-state index is -0.150. The highest BCUT2D eigenvalue weighted by Crippen LogP contribution is 2.33. The molecule has 9 nitrogen and oxygen atoms in total. The quantitative estimate of drug-likeness (QED) is 0.409. The second kappa shape index (κ2) is 9.96.